The number of fused-ring (bicyclic) bond motifs is 3. The Kier molecular flexibility index (Phi) is 7.22. The van der Waals surface area contributed by atoms with E-state index in [1.807, 2.05) is 24.3 Å². The molecule has 0 saturated carbocycles. The SMILES string of the molecule is CC1C(=O)N(C(=O)[C@H](C)NC(=O)CCC(=O)c2ccc(Cl)cc2)c2cccc(N)c2-c2ccccc21. The summed E-state index contributed by atoms with van der Waals surface area (Å²) in [5, 5.41) is 3.14. The quantitative estimate of drug-likeness (QED) is 0.373. The lowest BCUT2D eigenvalue weighted by atomic mass is 9.92. The van der Waals surface area contributed by atoms with Crippen LogP contribution in [-0.4, -0.2) is 29.5 Å². The first-order valence-corrected chi connectivity index (χ1v) is 12.0. The van der Waals surface area contributed by atoms with Crippen LogP contribution in [0.25, 0.3) is 11.1 Å². The van der Waals surface area contributed by atoms with Crippen molar-refractivity contribution >= 4 is 46.5 Å². The highest BCUT2D eigenvalue weighted by Gasteiger charge is 2.37. The Balaban J connectivity index is 1.52. The van der Waals surface area contributed by atoms with Crippen LogP contribution in [0.5, 0.6) is 0 Å². The van der Waals surface area contributed by atoms with Gasteiger partial charge in [0.1, 0.15) is 6.04 Å². The fraction of sp³-hybridized carbons (Fsp3) is 0.214. The number of hydrogen-bond donors (Lipinski definition) is 2. The van der Waals surface area contributed by atoms with Gasteiger partial charge in [-0.15, -0.1) is 0 Å². The highest BCUT2D eigenvalue weighted by Crippen LogP contribution is 2.44. The Hall–Kier alpha value is -3.97. The molecule has 3 aromatic carbocycles. The van der Waals surface area contributed by atoms with Gasteiger partial charge in [-0.25, -0.2) is 4.90 Å². The van der Waals surface area contributed by atoms with E-state index in [9.17, 15) is 19.2 Å². The van der Waals surface area contributed by atoms with Crippen LogP contribution >= 0.6 is 11.6 Å². The summed E-state index contributed by atoms with van der Waals surface area (Å²) in [6.07, 6.45) is -0.124. The maximum absolute atomic E-state index is 13.5. The summed E-state index contributed by atoms with van der Waals surface area (Å²) in [7, 11) is 0. The molecule has 0 saturated heterocycles. The van der Waals surface area contributed by atoms with Crippen LogP contribution in [0.1, 0.15) is 48.5 Å². The summed E-state index contributed by atoms with van der Waals surface area (Å²) < 4.78 is 0. The van der Waals surface area contributed by atoms with Gasteiger partial charge in [-0.2, -0.15) is 0 Å². The molecule has 3 amide bonds. The number of nitrogens with zero attached hydrogens (tertiary/aromatic N) is 1. The van der Waals surface area contributed by atoms with Gasteiger partial charge in [0.05, 0.1) is 11.6 Å². The van der Waals surface area contributed by atoms with Crippen molar-refractivity contribution in [3.63, 3.8) is 0 Å². The summed E-state index contributed by atoms with van der Waals surface area (Å²) in [4.78, 5) is 53.1. The molecular weight excluding hydrogens is 478 g/mol. The van der Waals surface area contributed by atoms with E-state index in [0.29, 0.717) is 27.5 Å². The summed E-state index contributed by atoms with van der Waals surface area (Å²) in [6.45, 7) is 3.26. The molecule has 4 rings (SSSR count). The molecule has 3 N–H and O–H groups in total. The summed E-state index contributed by atoms with van der Waals surface area (Å²) in [6, 6.07) is 17.9. The summed E-state index contributed by atoms with van der Waals surface area (Å²) in [5.74, 6) is -2.26. The Bertz CT molecular complexity index is 1350. The Labute approximate surface area is 214 Å². The molecule has 7 nitrogen and oxygen atoms in total. The third kappa shape index (κ3) is 4.88. The van der Waals surface area contributed by atoms with Gasteiger partial charge in [0, 0.05) is 34.7 Å². The minimum Gasteiger partial charge on any atom is -0.398 e. The average Bonchev–Trinajstić information content (AvgIpc) is 2.96. The first-order valence-electron chi connectivity index (χ1n) is 11.6. The van der Waals surface area contributed by atoms with Crippen molar-refractivity contribution in [3.05, 3.63) is 82.9 Å². The highest BCUT2D eigenvalue weighted by molar-refractivity contribution is 6.30. The predicted octanol–water partition coefficient (Wildman–Crippen LogP) is 4.73. The van der Waals surface area contributed by atoms with E-state index >= 15 is 0 Å². The molecule has 1 unspecified atom stereocenters. The number of ketones is 1. The van der Waals surface area contributed by atoms with Gasteiger partial charge in [-0.3, -0.25) is 19.2 Å². The number of carbonyl (C=O) groups is 4. The van der Waals surface area contributed by atoms with E-state index in [1.165, 1.54) is 6.92 Å². The minimum atomic E-state index is -1.00. The van der Waals surface area contributed by atoms with Crippen molar-refractivity contribution in [2.45, 2.75) is 38.6 Å². The maximum Gasteiger partial charge on any atom is 0.256 e. The van der Waals surface area contributed by atoms with Gasteiger partial charge in [0.25, 0.3) is 5.91 Å². The summed E-state index contributed by atoms with van der Waals surface area (Å²) >= 11 is 5.85. The highest BCUT2D eigenvalue weighted by atomic mass is 35.5. The van der Waals surface area contributed by atoms with Crippen molar-refractivity contribution in [3.8, 4) is 11.1 Å². The number of nitrogen functional groups attached to an aromatic ring is 1. The van der Waals surface area contributed by atoms with Crippen LogP contribution in [0.15, 0.2) is 66.7 Å². The van der Waals surface area contributed by atoms with Crippen molar-refractivity contribution in [1.82, 2.24) is 5.32 Å². The van der Waals surface area contributed by atoms with Crippen LogP contribution < -0.4 is 16.0 Å². The van der Waals surface area contributed by atoms with Crippen LogP contribution in [0, 0.1) is 0 Å². The Morgan fingerprint density at radius 2 is 1.69 bits per heavy atom. The zero-order valence-electron chi connectivity index (χ0n) is 20.0. The number of hydrogen-bond acceptors (Lipinski definition) is 5. The number of amides is 3. The molecular formula is C28H26ClN3O4. The van der Waals surface area contributed by atoms with Gasteiger partial charge < -0.3 is 11.1 Å². The zero-order chi connectivity index (χ0) is 26.0. The van der Waals surface area contributed by atoms with E-state index in [0.717, 1.165) is 16.0 Å². The second-order valence-corrected chi connectivity index (χ2v) is 9.22. The van der Waals surface area contributed by atoms with Gasteiger partial charge >= 0.3 is 0 Å². The number of anilines is 2. The normalized spacial score (nSPS) is 15.4. The molecule has 8 heteroatoms. The number of Topliss-reactive ketones (excluding diaryl/α,β-unsaturated/α-hetero) is 1. The molecule has 0 bridgehead atoms. The number of nitrogens with two attached hydrogens (primary N) is 1. The van der Waals surface area contributed by atoms with E-state index in [4.69, 9.17) is 17.3 Å². The third-order valence-corrected chi connectivity index (χ3v) is 6.57. The molecule has 2 atom stereocenters. The topological polar surface area (TPSA) is 110 Å². The fourth-order valence-electron chi connectivity index (χ4n) is 4.39. The lowest BCUT2D eigenvalue weighted by Gasteiger charge is -2.26. The molecule has 0 fully saturated rings. The van der Waals surface area contributed by atoms with Crippen molar-refractivity contribution < 1.29 is 19.2 Å². The second-order valence-electron chi connectivity index (χ2n) is 8.78. The molecule has 0 aromatic heterocycles. The number of benzene rings is 3. The van der Waals surface area contributed by atoms with Crippen molar-refractivity contribution in [1.29, 1.82) is 0 Å². The van der Waals surface area contributed by atoms with Gasteiger partial charge in [0.2, 0.25) is 11.8 Å². The number of halogens is 1. The number of imide groups is 1. The van der Waals surface area contributed by atoms with Gasteiger partial charge in [0.15, 0.2) is 5.78 Å². The average molecular weight is 504 g/mol. The third-order valence-electron chi connectivity index (χ3n) is 6.32. The molecule has 1 heterocycles. The lowest BCUT2D eigenvalue weighted by molar-refractivity contribution is -0.131. The molecule has 0 spiro atoms. The second kappa shape index (κ2) is 10.3. The zero-order valence-corrected chi connectivity index (χ0v) is 20.7. The molecule has 1 aliphatic rings. The van der Waals surface area contributed by atoms with Crippen LogP contribution in [0.3, 0.4) is 0 Å². The smallest absolute Gasteiger partial charge is 0.256 e. The lowest BCUT2D eigenvalue weighted by Crippen LogP contribution is -2.50. The van der Waals surface area contributed by atoms with Gasteiger partial charge in [-0.1, -0.05) is 41.9 Å². The van der Waals surface area contributed by atoms with E-state index in [-0.39, 0.29) is 18.6 Å². The van der Waals surface area contributed by atoms with Crippen LogP contribution in [0.2, 0.25) is 5.02 Å². The fourth-order valence-corrected chi connectivity index (χ4v) is 4.51. The first-order chi connectivity index (χ1) is 17.2. The first kappa shape index (κ1) is 25.1. The van der Waals surface area contributed by atoms with E-state index in [1.54, 1.807) is 49.4 Å². The molecule has 3 aromatic rings. The predicted molar refractivity (Wildman–Crippen MR) is 140 cm³/mol. The molecule has 0 radical (unpaired) electrons. The molecule has 1 aliphatic heterocycles. The summed E-state index contributed by atoms with van der Waals surface area (Å²) in [5.41, 5.74) is 9.74. The van der Waals surface area contributed by atoms with Crippen molar-refractivity contribution in [2.75, 3.05) is 10.6 Å². The largest absolute Gasteiger partial charge is 0.398 e. The number of rotatable bonds is 6. The van der Waals surface area contributed by atoms with Gasteiger partial charge in [-0.05, 0) is 61.4 Å². The standard InChI is InChI=1S/C28H26ClN3O4/c1-16-20-6-3-4-7-21(20)26-22(30)8-5-9-23(26)32(27(16)35)28(36)17(2)31-25(34)15-14-24(33)18-10-12-19(29)13-11-18/h3-13,16-17H,14-15,30H2,1-2H3,(H,31,34)/t16?,17-/m0/s1. The van der Waals surface area contributed by atoms with E-state index in [2.05, 4.69) is 5.32 Å². The van der Waals surface area contributed by atoms with E-state index < -0.39 is 29.7 Å². The number of nitrogens with one attached hydrogen (secondary N) is 1. The molecule has 184 valence electrons. The van der Waals surface area contributed by atoms with Crippen LogP contribution in [0.4, 0.5) is 11.4 Å². The molecule has 0 aliphatic carbocycles. The minimum absolute atomic E-state index is 0.0251. The van der Waals surface area contributed by atoms with Crippen LogP contribution in [-0.2, 0) is 14.4 Å². The Morgan fingerprint density at radius 1 is 1.00 bits per heavy atom. The van der Waals surface area contributed by atoms with Crippen molar-refractivity contribution in [2.24, 2.45) is 0 Å². The molecule has 36 heavy (non-hydrogen) atoms. The maximum atomic E-state index is 13.5. The Morgan fingerprint density at radius 3 is 2.42 bits per heavy atom. The monoisotopic (exact) mass is 503 g/mol. The number of carbonyl (C=O) groups excluding carboxylic acids is 4.